The summed E-state index contributed by atoms with van der Waals surface area (Å²) in [6, 6.07) is 16.5. The van der Waals surface area contributed by atoms with Crippen LogP contribution in [0, 0.1) is 12.3 Å². The lowest BCUT2D eigenvalue weighted by Crippen LogP contribution is -2.12. The highest BCUT2D eigenvalue weighted by atomic mass is 16.4. The second kappa shape index (κ2) is 10.4. The van der Waals surface area contributed by atoms with E-state index >= 15 is 0 Å². The van der Waals surface area contributed by atoms with E-state index in [1.54, 1.807) is 0 Å². The maximum atomic E-state index is 8.27. The molecular formula is C30H31N9O. The zero-order chi connectivity index (χ0) is 27.8. The number of pyridine rings is 1. The van der Waals surface area contributed by atoms with Crippen LogP contribution >= 0.6 is 0 Å². The molecule has 40 heavy (non-hydrogen) atoms. The first-order chi connectivity index (χ1) is 19.5. The summed E-state index contributed by atoms with van der Waals surface area (Å²) in [7, 11) is 0. The Kier molecular flexibility index (Phi) is 6.67. The minimum atomic E-state index is 0.0395. The highest BCUT2D eigenvalue weighted by Crippen LogP contribution is 2.40. The van der Waals surface area contributed by atoms with Gasteiger partial charge in [-0.15, -0.1) is 15.3 Å². The molecule has 10 heteroatoms. The van der Waals surface area contributed by atoms with Crippen LogP contribution in [0.25, 0.3) is 22.3 Å². The van der Waals surface area contributed by atoms with Crippen LogP contribution in [-0.2, 0) is 25.7 Å². The zero-order valence-corrected chi connectivity index (χ0v) is 22.8. The predicted molar refractivity (Wildman–Crippen MR) is 152 cm³/mol. The Morgan fingerprint density at radius 2 is 1.90 bits per heavy atom. The van der Waals surface area contributed by atoms with Crippen LogP contribution in [-0.4, -0.2) is 30.6 Å². The summed E-state index contributed by atoms with van der Waals surface area (Å²) in [5.74, 6) is 7.49. The van der Waals surface area contributed by atoms with Gasteiger partial charge in [0, 0.05) is 18.4 Å². The molecule has 0 aliphatic heterocycles. The first kappa shape index (κ1) is 25.5. The molecule has 2 aromatic carbocycles. The lowest BCUT2D eigenvalue weighted by atomic mass is 9.95. The Labute approximate surface area is 231 Å². The van der Waals surface area contributed by atoms with Crippen molar-refractivity contribution in [2.45, 2.75) is 58.9 Å². The van der Waals surface area contributed by atoms with Crippen molar-refractivity contribution in [3.63, 3.8) is 0 Å². The van der Waals surface area contributed by atoms with Gasteiger partial charge in [0.05, 0.1) is 18.2 Å². The van der Waals surface area contributed by atoms with E-state index in [1.165, 1.54) is 11.1 Å². The lowest BCUT2D eigenvalue weighted by Gasteiger charge is -2.18. The largest absolute Gasteiger partial charge is 0.425 e. The van der Waals surface area contributed by atoms with Crippen molar-refractivity contribution in [3.05, 3.63) is 94.1 Å². The standard InChI is InChI=1S/C30H31N9O/c1-4-25-34-28-17(3)14-20(16-27-36-35-26(5-2)40-27)33-30(28)39(25)24-13-11-19-15-18(10-12-22(19)24)21-8-6-7-9-23(21)29(31)37-38-32/h6-10,12,14-15,24H,4-5,11,13,16H2,1-3H3,(H3,31,32,37). The topological polar surface area (TPSA) is 144 Å². The molecule has 1 aliphatic rings. The summed E-state index contributed by atoms with van der Waals surface area (Å²) >= 11 is 0. The van der Waals surface area contributed by atoms with E-state index in [0.29, 0.717) is 30.2 Å². The number of hydrogen-bond donors (Lipinski definition) is 2. The minimum absolute atomic E-state index is 0.0395. The third-order valence-electron chi connectivity index (χ3n) is 7.58. The van der Waals surface area contributed by atoms with Crippen molar-refractivity contribution in [2.75, 3.05) is 0 Å². The van der Waals surface area contributed by atoms with Crippen molar-refractivity contribution in [1.29, 1.82) is 5.41 Å². The highest BCUT2D eigenvalue weighted by Gasteiger charge is 2.29. The van der Waals surface area contributed by atoms with Crippen molar-refractivity contribution >= 4 is 17.0 Å². The third kappa shape index (κ3) is 4.45. The van der Waals surface area contributed by atoms with Gasteiger partial charge in [0.2, 0.25) is 11.8 Å². The molecule has 0 fully saturated rings. The average molecular weight is 534 g/mol. The quantitative estimate of drug-likeness (QED) is 0.0904. The number of nitrogens with one attached hydrogen (secondary N) is 1. The SMILES string of the molecule is CCc1nnc(Cc2cc(C)c3nc(CC)n(C4CCc5cc(-c6ccccc6C(=N)N=NN)ccc54)c3n2)o1. The molecule has 202 valence electrons. The molecule has 3 aromatic heterocycles. The molecule has 10 nitrogen and oxygen atoms in total. The van der Waals surface area contributed by atoms with Crippen molar-refractivity contribution in [3.8, 4) is 11.1 Å². The fourth-order valence-corrected chi connectivity index (χ4v) is 5.74. The number of fused-ring (bicyclic) bond motifs is 2. The number of benzene rings is 2. The van der Waals surface area contributed by atoms with Crippen LogP contribution in [0.2, 0.25) is 0 Å². The van der Waals surface area contributed by atoms with Crippen LogP contribution in [0.15, 0.2) is 63.3 Å². The van der Waals surface area contributed by atoms with Gasteiger partial charge in [-0.3, -0.25) is 5.41 Å². The number of amidine groups is 1. The van der Waals surface area contributed by atoms with Gasteiger partial charge in [0.1, 0.15) is 11.3 Å². The number of hydrogen-bond acceptors (Lipinski definition) is 7. The number of nitrogens with two attached hydrogens (primary N) is 1. The Morgan fingerprint density at radius 3 is 2.67 bits per heavy atom. The number of nitrogens with zero attached hydrogens (tertiary/aromatic N) is 7. The molecule has 0 radical (unpaired) electrons. The average Bonchev–Trinajstić information content (AvgIpc) is 3.69. The Balaban J connectivity index is 1.40. The van der Waals surface area contributed by atoms with Gasteiger partial charge in [-0.1, -0.05) is 61.5 Å². The van der Waals surface area contributed by atoms with Gasteiger partial charge < -0.3 is 14.8 Å². The second-order valence-corrected chi connectivity index (χ2v) is 10.1. The fraction of sp³-hybridized carbons (Fsp3) is 0.300. The Morgan fingerprint density at radius 1 is 1.07 bits per heavy atom. The van der Waals surface area contributed by atoms with Crippen LogP contribution in [0.1, 0.15) is 71.9 Å². The molecule has 1 aliphatic carbocycles. The molecule has 1 unspecified atom stereocenters. The van der Waals surface area contributed by atoms with Gasteiger partial charge in [0.15, 0.2) is 11.5 Å². The third-order valence-corrected chi connectivity index (χ3v) is 7.58. The van der Waals surface area contributed by atoms with E-state index in [2.05, 4.69) is 63.2 Å². The second-order valence-electron chi connectivity index (χ2n) is 10.1. The number of aromatic nitrogens is 5. The van der Waals surface area contributed by atoms with E-state index in [-0.39, 0.29) is 11.9 Å². The fourth-order valence-electron chi connectivity index (χ4n) is 5.74. The minimum Gasteiger partial charge on any atom is -0.425 e. The van der Waals surface area contributed by atoms with Crippen LogP contribution < -0.4 is 5.84 Å². The smallest absolute Gasteiger partial charge is 0.222 e. The molecule has 5 aromatic rings. The number of aryl methyl sites for hydroxylation is 4. The van der Waals surface area contributed by atoms with Crippen molar-refractivity contribution in [2.24, 2.45) is 16.2 Å². The van der Waals surface area contributed by atoms with Gasteiger partial charge in [-0.2, -0.15) is 0 Å². The first-order valence-corrected chi connectivity index (χ1v) is 13.6. The first-order valence-electron chi connectivity index (χ1n) is 13.6. The Hall–Kier alpha value is -4.73. The molecule has 0 saturated carbocycles. The molecule has 6 rings (SSSR count). The molecule has 0 amide bonds. The highest BCUT2D eigenvalue weighted by molar-refractivity contribution is 6.02. The van der Waals surface area contributed by atoms with Gasteiger partial charge in [-0.25, -0.2) is 9.97 Å². The number of rotatable bonds is 7. The summed E-state index contributed by atoms with van der Waals surface area (Å²) in [5, 5.41) is 23.6. The summed E-state index contributed by atoms with van der Waals surface area (Å²) in [5.41, 5.74) is 9.05. The maximum absolute atomic E-state index is 8.27. The van der Waals surface area contributed by atoms with Crippen LogP contribution in [0.3, 0.4) is 0 Å². The summed E-state index contributed by atoms with van der Waals surface area (Å²) in [6.45, 7) is 6.22. The summed E-state index contributed by atoms with van der Waals surface area (Å²) in [4.78, 5) is 10.1. The van der Waals surface area contributed by atoms with Crippen molar-refractivity contribution < 1.29 is 4.42 Å². The normalized spacial score (nSPS) is 14.8. The summed E-state index contributed by atoms with van der Waals surface area (Å²) < 4.78 is 8.09. The molecule has 3 heterocycles. The predicted octanol–water partition coefficient (Wildman–Crippen LogP) is 5.69. The van der Waals surface area contributed by atoms with Gasteiger partial charge in [0.25, 0.3) is 0 Å². The van der Waals surface area contributed by atoms with E-state index in [1.807, 2.05) is 31.2 Å². The lowest BCUT2D eigenvalue weighted by molar-refractivity contribution is 0.461. The van der Waals surface area contributed by atoms with Crippen molar-refractivity contribution in [1.82, 2.24) is 24.7 Å². The van der Waals surface area contributed by atoms with Crippen LogP contribution in [0.4, 0.5) is 0 Å². The van der Waals surface area contributed by atoms with E-state index < -0.39 is 0 Å². The monoisotopic (exact) mass is 533 g/mol. The van der Waals surface area contributed by atoms with E-state index in [9.17, 15) is 0 Å². The zero-order valence-electron chi connectivity index (χ0n) is 22.8. The van der Waals surface area contributed by atoms with Crippen LogP contribution in [0.5, 0.6) is 0 Å². The molecular weight excluding hydrogens is 502 g/mol. The maximum Gasteiger partial charge on any atom is 0.222 e. The van der Waals surface area contributed by atoms with E-state index in [4.69, 9.17) is 25.6 Å². The Bertz CT molecular complexity index is 1760. The van der Waals surface area contributed by atoms with Gasteiger partial charge >= 0.3 is 0 Å². The molecule has 1 atom stereocenters. The summed E-state index contributed by atoms with van der Waals surface area (Å²) in [6.07, 6.45) is 3.91. The molecule has 0 spiro atoms. The molecule has 0 bridgehead atoms. The number of imidazole rings is 1. The molecule has 0 saturated heterocycles. The van der Waals surface area contributed by atoms with Gasteiger partial charge in [-0.05, 0) is 53.6 Å². The van der Waals surface area contributed by atoms with E-state index in [0.717, 1.165) is 58.6 Å². The molecule has 3 N–H and O–H groups in total.